The van der Waals surface area contributed by atoms with E-state index in [4.69, 9.17) is 10.5 Å². The Morgan fingerprint density at radius 1 is 1.10 bits per heavy atom. The van der Waals surface area contributed by atoms with Crippen molar-refractivity contribution < 1.29 is 9.84 Å². The first kappa shape index (κ1) is 15.5. The molecule has 0 bridgehead atoms. The number of aliphatic hydroxyl groups excluding tert-OH is 1. The molecule has 3 heteroatoms. The van der Waals surface area contributed by atoms with Gasteiger partial charge in [-0.25, -0.2) is 0 Å². The number of nitrogens with two attached hydrogens (primary N) is 1. The second kappa shape index (κ2) is 7.81. The fourth-order valence-electron chi connectivity index (χ4n) is 2.21. The lowest BCUT2D eigenvalue weighted by Crippen LogP contribution is -2.20. The van der Waals surface area contributed by atoms with Crippen LogP contribution in [-0.4, -0.2) is 18.3 Å². The minimum Gasteiger partial charge on any atom is -0.489 e. The van der Waals surface area contributed by atoms with E-state index in [9.17, 15) is 5.11 Å². The third-order valence-electron chi connectivity index (χ3n) is 3.69. The summed E-state index contributed by atoms with van der Waals surface area (Å²) in [7, 11) is 0. The van der Waals surface area contributed by atoms with E-state index < -0.39 is 0 Å². The largest absolute Gasteiger partial charge is 0.489 e. The molecule has 2 aromatic carbocycles. The highest BCUT2D eigenvalue weighted by atomic mass is 16.5. The molecule has 0 aliphatic heterocycles. The van der Waals surface area contributed by atoms with Gasteiger partial charge in [0.05, 0.1) is 0 Å². The van der Waals surface area contributed by atoms with Crippen LogP contribution in [0.5, 0.6) is 5.75 Å². The number of hydrogen-bond acceptors (Lipinski definition) is 3. The summed E-state index contributed by atoms with van der Waals surface area (Å²) >= 11 is 0. The van der Waals surface area contributed by atoms with Crippen LogP contribution in [0, 0.1) is 12.8 Å². The molecule has 21 heavy (non-hydrogen) atoms. The molecule has 0 aliphatic carbocycles. The van der Waals surface area contributed by atoms with Crippen LogP contribution < -0.4 is 10.5 Å². The average Bonchev–Trinajstić information content (AvgIpc) is 2.53. The topological polar surface area (TPSA) is 55.5 Å². The Labute approximate surface area is 126 Å². The van der Waals surface area contributed by atoms with Gasteiger partial charge in [0.25, 0.3) is 0 Å². The van der Waals surface area contributed by atoms with Crippen LogP contribution in [0.3, 0.4) is 0 Å². The van der Waals surface area contributed by atoms with Gasteiger partial charge in [-0.1, -0.05) is 36.4 Å². The van der Waals surface area contributed by atoms with Crippen molar-refractivity contribution in [1.82, 2.24) is 0 Å². The molecular weight excluding hydrogens is 262 g/mol. The van der Waals surface area contributed by atoms with E-state index in [1.165, 1.54) is 16.7 Å². The van der Waals surface area contributed by atoms with Gasteiger partial charge in [-0.05, 0) is 54.6 Å². The fraction of sp³-hybridized carbons (Fsp3) is 0.333. The summed E-state index contributed by atoms with van der Waals surface area (Å²) in [5.74, 6) is 0.985. The minimum absolute atomic E-state index is 0.127. The second-order valence-corrected chi connectivity index (χ2v) is 5.35. The van der Waals surface area contributed by atoms with Gasteiger partial charge < -0.3 is 15.6 Å². The molecule has 0 amide bonds. The zero-order chi connectivity index (χ0) is 15.1. The molecule has 0 radical (unpaired) electrons. The van der Waals surface area contributed by atoms with Gasteiger partial charge in [-0.2, -0.15) is 0 Å². The highest BCUT2D eigenvalue weighted by Crippen LogP contribution is 2.17. The van der Waals surface area contributed by atoms with Gasteiger partial charge in [0, 0.05) is 6.61 Å². The van der Waals surface area contributed by atoms with Crippen molar-refractivity contribution >= 4 is 0 Å². The predicted octanol–water partition coefficient (Wildman–Crippen LogP) is 2.68. The Hall–Kier alpha value is -1.84. The molecule has 3 nitrogen and oxygen atoms in total. The first-order valence-corrected chi connectivity index (χ1v) is 7.30. The maximum atomic E-state index is 9.17. The van der Waals surface area contributed by atoms with Crippen molar-refractivity contribution in [2.24, 2.45) is 11.7 Å². The van der Waals surface area contributed by atoms with Crippen LogP contribution in [0.25, 0.3) is 0 Å². The van der Waals surface area contributed by atoms with Gasteiger partial charge in [0.2, 0.25) is 0 Å². The maximum absolute atomic E-state index is 9.17. The molecule has 1 unspecified atom stereocenters. The highest BCUT2D eigenvalue weighted by molar-refractivity contribution is 5.29. The van der Waals surface area contributed by atoms with Gasteiger partial charge in [-0.3, -0.25) is 0 Å². The first-order chi connectivity index (χ1) is 10.2. The van der Waals surface area contributed by atoms with E-state index >= 15 is 0 Å². The van der Waals surface area contributed by atoms with Crippen molar-refractivity contribution in [2.45, 2.75) is 20.0 Å². The molecule has 0 saturated heterocycles. The number of aliphatic hydroxyl groups is 1. The third-order valence-corrected chi connectivity index (χ3v) is 3.69. The van der Waals surface area contributed by atoms with Gasteiger partial charge in [-0.15, -0.1) is 0 Å². The van der Waals surface area contributed by atoms with Crippen LogP contribution in [0.4, 0.5) is 0 Å². The molecule has 1 atom stereocenters. The summed E-state index contributed by atoms with van der Waals surface area (Å²) in [6.07, 6.45) is 0.797. The lowest BCUT2D eigenvalue weighted by molar-refractivity contribution is 0.230. The fourth-order valence-corrected chi connectivity index (χ4v) is 2.21. The normalized spacial score (nSPS) is 12.1. The smallest absolute Gasteiger partial charge is 0.119 e. The van der Waals surface area contributed by atoms with E-state index in [1.807, 2.05) is 36.4 Å². The molecular formula is C18H23NO2. The van der Waals surface area contributed by atoms with Crippen LogP contribution in [0.15, 0.2) is 48.5 Å². The van der Waals surface area contributed by atoms with Crippen LogP contribution >= 0.6 is 0 Å². The molecule has 0 heterocycles. The summed E-state index contributed by atoms with van der Waals surface area (Å²) in [5.41, 5.74) is 9.21. The molecule has 0 spiro atoms. The van der Waals surface area contributed by atoms with Crippen LogP contribution in [0.1, 0.15) is 16.7 Å². The molecule has 0 fully saturated rings. The quantitative estimate of drug-likeness (QED) is 0.822. The Morgan fingerprint density at radius 3 is 2.43 bits per heavy atom. The average molecular weight is 285 g/mol. The van der Waals surface area contributed by atoms with E-state index in [1.54, 1.807) is 0 Å². The summed E-state index contributed by atoms with van der Waals surface area (Å²) in [4.78, 5) is 0. The van der Waals surface area contributed by atoms with Crippen LogP contribution in [0.2, 0.25) is 0 Å². The second-order valence-electron chi connectivity index (χ2n) is 5.35. The summed E-state index contributed by atoms with van der Waals surface area (Å²) in [6.45, 7) is 3.29. The number of rotatable bonds is 7. The predicted molar refractivity (Wildman–Crippen MR) is 85.3 cm³/mol. The molecule has 2 rings (SSSR count). The first-order valence-electron chi connectivity index (χ1n) is 7.30. The standard InChI is InChI=1S/C18H23NO2/c1-14-4-2-3-5-17(14)13-21-18-8-6-15(7-9-18)10-16(11-19)12-20/h2-9,16,20H,10-13,19H2,1H3. The van der Waals surface area contributed by atoms with Gasteiger partial charge >= 0.3 is 0 Å². The van der Waals surface area contributed by atoms with E-state index in [0.717, 1.165) is 12.2 Å². The number of aryl methyl sites for hydroxylation is 1. The zero-order valence-corrected chi connectivity index (χ0v) is 12.5. The van der Waals surface area contributed by atoms with Crippen molar-refractivity contribution in [1.29, 1.82) is 0 Å². The van der Waals surface area contributed by atoms with E-state index in [2.05, 4.69) is 19.1 Å². The van der Waals surface area contributed by atoms with Gasteiger partial charge in [0.1, 0.15) is 12.4 Å². The molecule has 3 N–H and O–H groups in total. The number of hydrogen-bond donors (Lipinski definition) is 2. The molecule has 0 aliphatic rings. The van der Waals surface area contributed by atoms with E-state index in [0.29, 0.717) is 13.2 Å². The van der Waals surface area contributed by atoms with Crippen molar-refractivity contribution in [2.75, 3.05) is 13.2 Å². The Morgan fingerprint density at radius 2 is 1.81 bits per heavy atom. The Balaban J connectivity index is 1.92. The lowest BCUT2D eigenvalue weighted by atomic mass is 10.0. The Bertz CT molecular complexity index is 547. The van der Waals surface area contributed by atoms with Crippen molar-refractivity contribution in [3.63, 3.8) is 0 Å². The molecule has 2 aromatic rings. The maximum Gasteiger partial charge on any atom is 0.119 e. The van der Waals surface area contributed by atoms with Crippen LogP contribution in [-0.2, 0) is 13.0 Å². The third kappa shape index (κ3) is 4.59. The molecule has 112 valence electrons. The minimum atomic E-state index is 0.127. The number of ether oxygens (including phenoxy) is 1. The van der Waals surface area contributed by atoms with Crippen molar-refractivity contribution in [3.8, 4) is 5.75 Å². The summed E-state index contributed by atoms with van der Waals surface area (Å²) in [6, 6.07) is 16.2. The SMILES string of the molecule is Cc1ccccc1COc1ccc(CC(CN)CO)cc1. The molecule has 0 saturated carbocycles. The zero-order valence-electron chi connectivity index (χ0n) is 12.5. The van der Waals surface area contributed by atoms with E-state index in [-0.39, 0.29) is 12.5 Å². The Kier molecular flexibility index (Phi) is 5.78. The van der Waals surface area contributed by atoms with Crippen molar-refractivity contribution in [3.05, 3.63) is 65.2 Å². The highest BCUT2D eigenvalue weighted by Gasteiger charge is 2.06. The van der Waals surface area contributed by atoms with Gasteiger partial charge in [0.15, 0.2) is 0 Å². The number of benzene rings is 2. The lowest BCUT2D eigenvalue weighted by Gasteiger charge is -2.12. The summed E-state index contributed by atoms with van der Waals surface area (Å²) < 4.78 is 5.81. The summed E-state index contributed by atoms with van der Waals surface area (Å²) in [5, 5.41) is 9.17. The monoisotopic (exact) mass is 285 g/mol. The molecule has 0 aromatic heterocycles.